The predicted octanol–water partition coefficient (Wildman–Crippen LogP) is -0.0440. The number of amides is 1. The minimum Gasteiger partial charge on any atom is -0.339 e. The molecule has 0 unspecified atom stereocenters. The largest absolute Gasteiger partial charge is 0.339 e. The first-order valence-corrected chi connectivity index (χ1v) is 3.79. The fourth-order valence-corrected chi connectivity index (χ4v) is 1.14. The van der Waals surface area contributed by atoms with Crippen LogP contribution in [0.25, 0.3) is 0 Å². The van der Waals surface area contributed by atoms with Crippen molar-refractivity contribution in [3.05, 3.63) is 0 Å². The van der Waals surface area contributed by atoms with E-state index in [0.29, 0.717) is 6.04 Å². The fourth-order valence-electron chi connectivity index (χ4n) is 1.14. The topological polar surface area (TPSA) is 46.3 Å². The van der Waals surface area contributed by atoms with Crippen LogP contribution in [0.1, 0.15) is 19.8 Å². The van der Waals surface area contributed by atoms with Crippen LogP contribution in [0.3, 0.4) is 0 Å². The Morgan fingerprint density at radius 1 is 1.70 bits per heavy atom. The van der Waals surface area contributed by atoms with Gasteiger partial charge in [-0.25, -0.2) is 0 Å². The van der Waals surface area contributed by atoms with Gasteiger partial charge in [0.25, 0.3) is 0 Å². The number of hydrogen-bond donors (Lipinski definition) is 1. The summed E-state index contributed by atoms with van der Waals surface area (Å²) in [7, 11) is 0. The van der Waals surface area contributed by atoms with Crippen molar-refractivity contribution in [1.29, 1.82) is 0 Å². The Morgan fingerprint density at radius 3 is 2.60 bits per heavy atom. The molecule has 0 heterocycles. The SMILES string of the molecule is CCN(C(=O)CN)C1CC1. The summed E-state index contributed by atoms with van der Waals surface area (Å²) in [4.78, 5) is 12.9. The summed E-state index contributed by atoms with van der Waals surface area (Å²) < 4.78 is 0. The van der Waals surface area contributed by atoms with E-state index >= 15 is 0 Å². The number of hydrogen-bond acceptors (Lipinski definition) is 2. The Morgan fingerprint density at radius 2 is 2.30 bits per heavy atom. The van der Waals surface area contributed by atoms with Gasteiger partial charge in [0.15, 0.2) is 0 Å². The quantitative estimate of drug-likeness (QED) is 0.601. The molecule has 0 aromatic heterocycles. The maximum atomic E-state index is 11.0. The van der Waals surface area contributed by atoms with Crippen molar-refractivity contribution in [2.45, 2.75) is 25.8 Å². The van der Waals surface area contributed by atoms with Crippen LogP contribution in [0.2, 0.25) is 0 Å². The number of nitrogens with two attached hydrogens (primary N) is 1. The van der Waals surface area contributed by atoms with E-state index < -0.39 is 0 Å². The third-order valence-electron chi connectivity index (χ3n) is 1.82. The number of carbonyl (C=O) groups is 1. The van der Waals surface area contributed by atoms with Crippen LogP contribution in [0.15, 0.2) is 0 Å². The molecule has 0 atom stereocenters. The Kier molecular flexibility index (Phi) is 2.27. The molecule has 1 rings (SSSR count). The number of nitrogens with zero attached hydrogens (tertiary/aromatic N) is 1. The lowest BCUT2D eigenvalue weighted by Gasteiger charge is -2.18. The first kappa shape index (κ1) is 7.54. The molecule has 1 aliphatic carbocycles. The van der Waals surface area contributed by atoms with Gasteiger partial charge < -0.3 is 10.6 Å². The van der Waals surface area contributed by atoms with Crippen LogP contribution in [0, 0.1) is 0 Å². The van der Waals surface area contributed by atoms with Crippen molar-refractivity contribution in [3.63, 3.8) is 0 Å². The second-order valence-electron chi connectivity index (χ2n) is 2.62. The summed E-state index contributed by atoms with van der Waals surface area (Å²) >= 11 is 0. The van der Waals surface area contributed by atoms with Gasteiger partial charge in [0, 0.05) is 12.6 Å². The van der Waals surface area contributed by atoms with Gasteiger partial charge in [-0.2, -0.15) is 0 Å². The molecule has 1 aliphatic rings. The van der Waals surface area contributed by atoms with Crippen molar-refractivity contribution in [3.8, 4) is 0 Å². The lowest BCUT2D eigenvalue weighted by atomic mass is 10.4. The molecule has 0 bridgehead atoms. The van der Waals surface area contributed by atoms with Gasteiger partial charge in [-0.1, -0.05) is 0 Å². The highest BCUT2D eigenvalue weighted by Crippen LogP contribution is 2.26. The van der Waals surface area contributed by atoms with Crippen LogP contribution in [0.5, 0.6) is 0 Å². The van der Waals surface area contributed by atoms with Gasteiger partial charge >= 0.3 is 0 Å². The Bertz CT molecular complexity index is 132. The molecule has 10 heavy (non-hydrogen) atoms. The predicted molar refractivity (Wildman–Crippen MR) is 39.5 cm³/mol. The van der Waals surface area contributed by atoms with E-state index in [-0.39, 0.29) is 12.5 Å². The Balaban J connectivity index is 2.38. The van der Waals surface area contributed by atoms with Gasteiger partial charge in [0.2, 0.25) is 5.91 Å². The average molecular weight is 142 g/mol. The zero-order valence-corrected chi connectivity index (χ0v) is 6.34. The lowest BCUT2D eigenvalue weighted by Crippen LogP contribution is -2.37. The second kappa shape index (κ2) is 3.01. The zero-order chi connectivity index (χ0) is 7.56. The van der Waals surface area contributed by atoms with E-state index in [1.54, 1.807) is 0 Å². The minimum absolute atomic E-state index is 0.0880. The molecule has 3 nitrogen and oxygen atoms in total. The molecular formula is C7H14N2O. The lowest BCUT2D eigenvalue weighted by molar-refractivity contribution is -0.130. The highest BCUT2D eigenvalue weighted by atomic mass is 16.2. The fraction of sp³-hybridized carbons (Fsp3) is 0.857. The summed E-state index contributed by atoms with van der Waals surface area (Å²) in [5.74, 6) is 0.0880. The molecule has 0 aliphatic heterocycles. The second-order valence-corrected chi connectivity index (χ2v) is 2.62. The highest BCUT2D eigenvalue weighted by Gasteiger charge is 2.30. The van der Waals surface area contributed by atoms with Gasteiger partial charge in [-0.3, -0.25) is 4.79 Å². The highest BCUT2D eigenvalue weighted by molar-refractivity contribution is 5.78. The molecule has 58 valence electrons. The summed E-state index contributed by atoms with van der Waals surface area (Å²) in [5.41, 5.74) is 5.22. The van der Waals surface area contributed by atoms with Crippen LogP contribution in [0.4, 0.5) is 0 Å². The molecule has 1 amide bonds. The van der Waals surface area contributed by atoms with Gasteiger partial charge in [0.05, 0.1) is 6.54 Å². The van der Waals surface area contributed by atoms with Crippen molar-refractivity contribution >= 4 is 5.91 Å². The van der Waals surface area contributed by atoms with Crippen molar-refractivity contribution in [2.24, 2.45) is 5.73 Å². The van der Waals surface area contributed by atoms with E-state index in [9.17, 15) is 4.79 Å². The van der Waals surface area contributed by atoms with E-state index in [2.05, 4.69) is 0 Å². The van der Waals surface area contributed by atoms with E-state index in [0.717, 1.165) is 6.54 Å². The molecule has 1 saturated carbocycles. The van der Waals surface area contributed by atoms with Gasteiger partial charge in [-0.05, 0) is 19.8 Å². The summed E-state index contributed by atoms with van der Waals surface area (Å²) in [5, 5.41) is 0. The van der Waals surface area contributed by atoms with Crippen molar-refractivity contribution < 1.29 is 4.79 Å². The van der Waals surface area contributed by atoms with E-state index in [4.69, 9.17) is 5.73 Å². The molecule has 0 spiro atoms. The number of likely N-dealkylation sites (N-methyl/N-ethyl adjacent to an activating group) is 1. The third-order valence-corrected chi connectivity index (χ3v) is 1.82. The first-order valence-electron chi connectivity index (χ1n) is 3.79. The number of rotatable bonds is 3. The third kappa shape index (κ3) is 1.48. The zero-order valence-electron chi connectivity index (χ0n) is 6.34. The molecule has 2 N–H and O–H groups in total. The normalized spacial score (nSPS) is 17.0. The first-order chi connectivity index (χ1) is 4.79. The standard InChI is InChI=1S/C7H14N2O/c1-2-9(6-3-4-6)7(10)5-8/h6H,2-5,8H2,1H3. The Hall–Kier alpha value is -0.570. The van der Waals surface area contributed by atoms with Gasteiger partial charge in [0.1, 0.15) is 0 Å². The van der Waals surface area contributed by atoms with Crippen LogP contribution in [-0.2, 0) is 4.79 Å². The average Bonchev–Trinajstić information content (AvgIpc) is 2.73. The minimum atomic E-state index is 0.0880. The molecule has 1 fully saturated rings. The van der Waals surface area contributed by atoms with E-state index in [1.807, 2.05) is 11.8 Å². The monoisotopic (exact) mass is 142 g/mol. The Labute approximate surface area is 61.2 Å². The smallest absolute Gasteiger partial charge is 0.236 e. The molecule has 0 aromatic rings. The number of carbonyl (C=O) groups excluding carboxylic acids is 1. The maximum absolute atomic E-state index is 11.0. The molecular weight excluding hydrogens is 128 g/mol. The van der Waals surface area contributed by atoms with Crippen LogP contribution in [-0.4, -0.2) is 29.9 Å². The summed E-state index contributed by atoms with van der Waals surface area (Å²) in [6.45, 7) is 2.96. The van der Waals surface area contributed by atoms with E-state index in [1.165, 1.54) is 12.8 Å². The molecule has 0 radical (unpaired) electrons. The maximum Gasteiger partial charge on any atom is 0.236 e. The van der Waals surface area contributed by atoms with Crippen LogP contribution < -0.4 is 5.73 Å². The summed E-state index contributed by atoms with van der Waals surface area (Å²) in [6, 6.07) is 0.515. The van der Waals surface area contributed by atoms with Gasteiger partial charge in [-0.15, -0.1) is 0 Å². The van der Waals surface area contributed by atoms with Crippen LogP contribution >= 0.6 is 0 Å². The molecule has 0 aromatic carbocycles. The van der Waals surface area contributed by atoms with Crippen molar-refractivity contribution in [1.82, 2.24) is 4.90 Å². The molecule has 0 saturated heterocycles. The summed E-state index contributed by atoms with van der Waals surface area (Å²) in [6.07, 6.45) is 2.33. The molecule has 3 heteroatoms. The van der Waals surface area contributed by atoms with Crippen molar-refractivity contribution in [2.75, 3.05) is 13.1 Å².